The highest BCUT2D eigenvalue weighted by atomic mass is 16.3. The Labute approximate surface area is 139 Å². The lowest BCUT2D eigenvalue weighted by atomic mass is 9.40. The molecule has 3 heteroatoms. The predicted octanol–water partition coefficient (Wildman–Crippen LogP) is 3.67. The number of hydrogen-bond donors (Lipinski definition) is 1. The van der Waals surface area contributed by atoms with Gasteiger partial charge in [-0.1, -0.05) is 13.8 Å². The molecule has 3 nitrogen and oxygen atoms in total. The van der Waals surface area contributed by atoms with Crippen molar-refractivity contribution in [2.75, 3.05) is 0 Å². The van der Waals surface area contributed by atoms with Crippen molar-refractivity contribution in [1.29, 1.82) is 0 Å². The summed E-state index contributed by atoms with van der Waals surface area (Å²) in [5, 5.41) is 11.6. The first kappa shape index (κ1) is 15.8. The van der Waals surface area contributed by atoms with Crippen molar-refractivity contribution >= 4 is 11.6 Å². The molecule has 0 radical (unpaired) electrons. The van der Waals surface area contributed by atoms with Gasteiger partial charge in [0, 0.05) is 19.3 Å². The molecular formula is C20H30O3. The first-order valence-corrected chi connectivity index (χ1v) is 9.44. The number of carbonyl (C=O) groups is 2. The Morgan fingerprint density at radius 3 is 2.35 bits per heavy atom. The van der Waals surface area contributed by atoms with Crippen LogP contribution in [0.2, 0.25) is 0 Å². The van der Waals surface area contributed by atoms with Crippen LogP contribution in [-0.2, 0) is 9.59 Å². The van der Waals surface area contributed by atoms with Crippen LogP contribution in [0.25, 0.3) is 0 Å². The fourth-order valence-corrected chi connectivity index (χ4v) is 7.14. The van der Waals surface area contributed by atoms with Crippen molar-refractivity contribution in [3.63, 3.8) is 0 Å². The van der Waals surface area contributed by atoms with Crippen LogP contribution in [0.4, 0.5) is 0 Å². The van der Waals surface area contributed by atoms with Crippen LogP contribution in [0.5, 0.6) is 0 Å². The molecule has 0 aromatic carbocycles. The molecule has 4 fully saturated rings. The van der Waals surface area contributed by atoms with E-state index in [0.29, 0.717) is 37.4 Å². The average Bonchev–Trinajstić information content (AvgIpc) is 2.73. The van der Waals surface area contributed by atoms with Gasteiger partial charge in [0.2, 0.25) is 0 Å². The van der Waals surface area contributed by atoms with E-state index in [1.807, 2.05) is 6.92 Å². The summed E-state index contributed by atoms with van der Waals surface area (Å²) >= 11 is 0. The minimum atomic E-state index is -0.807. The van der Waals surface area contributed by atoms with Gasteiger partial charge in [-0.2, -0.15) is 0 Å². The van der Waals surface area contributed by atoms with Crippen molar-refractivity contribution in [3.05, 3.63) is 0 Å². The Hall–Kier alpha value is -0.700. The second kappa shape index (κ2) is 4.47. The van der Waals surface area contributed by atoms with Gasteiger partial charge in [0.1, 0.15) is 11.6 Å². The van der Waals surface area contributed by atoms with E-state index in [-0.39, 0.29) is 22.5 Å². The third-order valence-electron chi connectivity index (χ3n) is 9.07. The van der Waals surface area contributed by atoms with E-state index >= 15 is 0 Å². The molecule has 23 heavy (non-hydrogen) atoms. The summed E-state index contributed by atoms with van der Waals surface area (Å²) in [4.78, 5) is 24.5. The Morgan fingerprint density at radius 1 is 0.913 bits per heavy atom. The molecule has 0 spiro atoms. The summed E-state index contributed by atoms with van der Waals surface area (Å²) < 4.78 is 0. The Balaban J connectivity index is 1.75. The normalized spacial score (nSPS) is 56.0. The largest absolute Gasteiger partial charge is 0.389 e. The van der Waals surface area contributed by atoms with Gasteiger partial charge in [0.05, 0.1) is 11.0 Å². The first-order chi connectivity index (χ1) is 10.7. The van der Waals surface area contributed by atoms with Crippen LogP contribution in [0.1, 0.15) is 78.6 Å². The highest BCUT2D eigenvalue weighted by Crippen LogP contribution is 2.69. The first-order valence-electron chi connectivity index (χ1n) is 9.44. The number of carbonyl (C=O) groups excluding carboxylic acids is 2. The lowest BCUT2D eigenvalue weighted by Crippen LogP contribution is -2.64. The summed E-state index contributed by atoms with van der Waals surface area (Å²) in [5.41, 5.74) is -1.12. The van der Waals surface area contributed by atoms with E-state index in [4.69, 9.17) is 0 Å². The third-order valence-corrected chi connectivity index (χ3v) is 9.07. The van der Waals surface area contributed by atoms with Crippen LogP contribution >= 0.6 is 0 Å². The fourth-order valence-electron chi connectivity index (χ4n) is 7.14. The zero-order valence-electron chi connectivity index (χ0n) is 14.8. The molecule has 128 valence electrons. The predicted molar refractivity (Wildman–Crippen MR) is 87.8 cm³/mol. The quantitative estimate of drug-likeness (QED) is 0.741. The van der Waals surface area contributed by atoms with E-state index in [2.05, 4.69) is 13.8 Å². The van der Waals surface area contributed by atoms with Crippen LogP contribution in [-0.4, -0.2) is 22.3 Å². The number of ketones is 2. The molecule has 4 aliphatic rings. The summed E-state index contributed by atoms with van der Waals surface area (Å²) in [7, 11) is 0. The van der Waals surface area contributed by atoms with Crippen LogP contribution in [0, 0.1) is 28.1 Å². The number of rotatable bonds is 0. The van der Waals surface area contributed by atoms with Gasteiger partial charge in [-0.05, 0) is 68.1 Å². The van der Waals surface area contributed by atoms with Gasteiger partial charge in [0.25, 0.3) is 0 Å². The standard InChI is InChI=1S/C20H30O3/c1-17-8-5-15-14(18(17,2)9-4-13(21)12-17)6-10-19(3)16(22)7-11-20(15,19)23/h14-15,23H,4-12H2,1-3H3/t14-,15+,17-,18-,19-,20+/m1/s1. The zero-order chi connectivity index (χ0) is 16.7. The average molecular weight is 318 g/mol. The second-order valence-corrected chi connectivity index (χ2v) is 9.66. The van der Waals surface area contributed by atoms with Crippen molar-refractivity contribution < 1.29 is 14.7 Å². The molecular weight excluding hydrogens is 288 g/mol. The Morgan fingerprint density at radius 2 is 1.61 bits per heavy atom. The molecule has 0 aromatic rings. The molecule has 0 aromatic heterocycles. The van der Waals surface area contributed by atoms with E-state index in [1.54, 1.807) is 0 Å². The molecule has 0 bridgehead atoms. The van der Waals surface area contributed by atoms with Gasteiger partial charge in [-0.15, -0.1) is 0 Å². The summed E-state index contributed by atoms with van der Waals surface area (Å²) in [6, 6.07) is 0. The molecule has 1 N–H and O–H groups in total. The molecule has 4 rings (SSSR count). The maximum atomic E-state index is 12.5. The number of hydrogen-bond acceptors (Lipinski definition) is 3. The van der Waals surface area contributed by atoms with E-state index in [9.17, 15) is 14.7 Å². The molecule has 4 saturated carbocycles. The molecule has 0 unspecified atom stereocenters. The zero-order valence-corrected chi connectivity index (χ0v) is 14.8. The molecule has 6 atom stereocenters. The summed E-state index contributed by atoms with van der Waals surface area (Å²) in [6.45, 7) is 6.69. The number of aliphatic hydroxyl groups is 1. The van der Waals surface area contributed by atoms with Crippen LogP contribution in [0.3, 0.4) is 0 Å². The van der Waals surface area contributed by atoms with Crippen molar-refractivity contribution in [2.45, 2.75) is 84.2 Å². The van der Waals surface area contributed by atoms with E-state index in [0.717, 1.165) is 32.1 Å². The smallest absolute Gasteiger partial charge is 0.141 e. The number of fused-ring (bicyclic) bond motifs is 5. The van der Waals surface area contributed by atoms with Gasteiger partial charge >= 0.3 is 0 Å². The Bertz CT molecular complexity index is 583. The Kier molecular flexibility index (Phi) is 3.07. The summed E-state index contributed by atoms with van der Waals surface area (Å²) in [5.74, 6) is 1.38. The third kappa shape index (κ3) is 1.70. The van der Waals surface area contributed by atoms with Gasteiger partial charge in [0.15, 0.2) is 0 Å². The van der Waals surface area contributed by atoms with Crippen molar-refractivity contribution in [3.8, 4) is 0 Å². The van der Waals surface area contributed by atoms with Crippen molar-refractivity contribution in [2.24, 2.45) is 28.1 Å². The van der Waals surface area contributed by atoms with E-state index < -0.39 is 11.0 Å². The van der Waals surface area contributed by atoms with E-state index in [1.165, 1.54) is 0 Å². The molecule has 0 saturated heterocycles. The molecule has 0 aliphatic heterocycles. The van der Waals surface area contributed by atoms with Gasteiger partial charge in [-0.25, -0.2) is 0 Å². The molecule has 0 heterocycles. The fraction of sp³-hybridized carbons (Fsp3) is 0.900. The monoisotopic (exact) mass is 318 g/mol. The minimum absolute atomic E-state index is 0.0796. The van der Waals surface area contributed by atoms with Gasteiger partial charge < -0.3 is 5.11 Å². The number of Topliss-reactive ketones (excluding diaryl/α,β-unsaturated/α-hetero) is 2. The highest BCUT2D eigenvalue weighted by molar-refractivity contribution is 5.88. The SMILES string of the molecule is C[C@]12CC[C@H]3[C@@H](CC[C@]4(C)C(=O)CC[C@]34O)[C@@]1(C)CCC(=O)C2. The van der Waals surface area contributed by atoms with Crippen molar-refractivity contribution in [1.82, 2.24) is 0 Å². The molecule has 4 aliphatic carbocycles. The maximum absolute atomic E-state index is 12.5. The minimum Gasteiger partial charge on any atom is -0.389 e. The summed E-state index contributed by atoms with van der Waals surface area (Å²) in [6.07, 6.45) is 7.42. The second-order valence-electron chi connectivity index (χ2n) is 9.66. The van der Waals surface area contributed by atoms with Crippen LogP contribution in [0.15, 0.2) is 0 Å². The maximum Gasteiger partial charge on any atom is 0.141 e. The lowest BCUT2D eigenvalue weighted by Gasteiger charge is -2.65. The van der Waals surface area contributed by atoms with Gasteiger partial charge in [-0.3, -0.25) is 9.59 Å². The lowest BCUT2D eigenvalue weighted by molar-refractivity contribution is -0.214. The highest BCUT2D eigenvalue weighted by Gasteiger charge is 2.69. The molecule has 0 amide bonds. The van der Waals surface area contributed by atoms with Crippen LogP contribution < -0.4 is 0 Å². The topological polar surface area (TPSA) is 54.4 Å².